The lowest BCUT2D eigenvalue weighted by atomic mass is 10.1. The zero-order chi connectivity index (χ0) is 14.7. The molecular formula is C14H11ClF2N2O. The number of amides is 1. The van der Waals surface area contributed by atoms with Crippen molar-refractivity contribution in [2.24, 2.45) is 0 Å². The molecule has 0 saturated heterocycles. The molecule has 0 aliphatic rings. The van der Waals surface area contributed by atoms with E-state index >= 15 is 0 Å². The molecule has 2 rings (SSSR count). The number of carbonyl (C=O) groups excluding carboxylic acids is 1. The highest BCUT2D eigenvalue weighted by atomic mass is 35.5. The third-order valence-corrected chi connectivity index (χ3v) is 2.99. The minimum atomic E-state index is -0.956. The standard InChI is InChI=1S/C14H11ClF2N2O/c15-11-6-9(18)2-3-10(11)14(20)19-7-8-1-4-12(16)13(17)5-8/h1-6H,7,18H2,(H,19,20). The van der Waals surface area contributed by atoms with Gasteiger partial charge in [0, 0.05) is 12.2 Å². The largest absolute Gasteiger partial charge is 0.399 e. The predicted molar refractivity (Wildman–Crippen MR) is 73.4 cm³/mol. The summed E-state index contributed by atoms with van der Waals surface area (Å²) in [5.74, 6) is -2.30. The number of nitrogens with two attached hydrogens (primary N) is 1. The SMILES string of the molecule is Nc1ccc(C(=O)NCc2ccc(F)c(F)c2)c(Cl)c1. The second-order valence-corrected chi connectivity index (χ2v) is 4.58. The van der Waals surface area contributed by atoms with Crippen molar-refractivity contribution in [3.05, 3.63) is 64.2 Å². The first-order chi connectivity index (χ1) is 9.47. The highest BCUT2D eigenvalue weighted by Crippen LogP contribution is 2.19. The Labute approximate surface area is 119 Å². The van der Waals surface area contributed by atoms with E-state index in [1.54, 1.807) is 6.07 Å². The molecule has 0 radical (unpaired) electrons. The van der Waals surface area contributed by atoms with Crippen LogP contribution in [0.15, 0.2) is 36.4 Å². The van der Waals surface area contributed by atoms with Gasteiger partial charge in [-0.05, 0) is 35.9 Å². The molecule has 3 nitrogen and oxygen atoms in total. The molecule has 0 aromatic heterocycles. The minimum Gasteiger partial charge on any atom is -0.399 e. The van der Waals surface area contributed by atoms with Gasteiger partial charge in [0.2, 0.25) is 0 Å². The van der Waals surface area contributed by atoms with E-state index in [0.717, 1.165) is 12.1 Å². The summed E-state index contributed by atoms with van der Waals surface area (Å²) < 4.78 is 25.8. The van der Waals surface area contributed by atoms with Crippen molar-refractivity contribution < 1.29 is 13.6 Å². The highest BCUT2D eigenvalue weighted by Gasteiger charge is 2.10. The molecule has 0 bridgehead atoms. The van der Waals surface area contributed by atoms with E-state index in [2.05, 4.69) is 5.32 Å². The number of nitrogens with one attached hydrogen (secondary N) is 1. The van der Waals surface area contributed by atoms with Gasteiger partial charge < -0.3 is 11.1 Å². The summed E-state index contributed by atoms with van der Waals surface area (Å²) in [6, 6.07) is 7.95. The van der Waals surface area contributed by atoms with Gasteiger partial charge in [-0.25, -0.2) is 8.78 Å². The lowest BCUT2D eigenvalue weighted by Crippen LogP contribution is -2.23. The van der Waals surface area contributed by atoms with Gasteiger partial charge in [-0.15, -0.1) is 0 Å². The third kappa shape index (κ3) is 3.24. The smallest absolute Gasteiger partial charge is 0.253 e. The number of benzene rings is 2. The Balaban J connectivity index is 2.06. The third-order valence-electron chi connectivity index (χ3n) is 2.67. The van der Waals surface area contributed by atoms with Crippen LogP contribution in [-0.2, 0) is 6.54 Å². The Morgan fingerprint density at radius 3 is 2.55 bits per heavy atom. The molecule has 0 aliphatic heterocycles. The summed E-state index contributed by atoms with van der Waals surface area (Å²) in [7, 11) is 0. The molecule has 0 aliphatic carbocycles. The molecule has 0 fully saturated rings. The molecule has 6 heteroatoms. The Morgan fingerprint density at radius 2 is 1.90 bits per heavy atom. The molecule has 20 heavy (non-hydrogen) atoms. The number of hydrogen-bond donors (Lipinski definition) is 2. The van der Waals surface area contributed by atoms with E-state index in [1.807, 2.05) is 0 Å². The van der Waals surface area contributed by atoms with Gasteiger partial charge in [-0.2, -0.15) is 0 Å². The summed E-state index contributed by atoms with van der Waals surface area (Å²) >= 11 is 5.90. The van der Waals surface area contributed by atoms with Crippen LogP contribution < -0.4 is 11.1 Å². The zero-order valence-corrected chi connectivity index (χ0v) is 11.0. The van der Waals surface area contributed by atoms with Gasteiger partial charge in [0.1, 0.15) is 0 Å². The van der Waals surface area contributed by atoms with Crippen LogP contribution in [-0.4, -0.2) is 5.91 Å². The number of hydrogen-bond acceptors (Lipinski definition) is 2. The summed E-state index contributed by atoms with van der Waals surface area (Å²) in [4.78, 5) is 11.9. The predicted octanol–water partition coefficient (Wildman–Crippen LogP) is 3.13. The molecule has 0 spiro atoms. The summed E-state index contributed by atoms with van der Waals surface area (Å²) in [6.45, 7) is 0.0662. The normalized spacial score (nSPS) is 10.3. The maximum atomic E-state index is 13.0. The van der Waals surface area contributed by atoms with E-state index in [9.17, 15) is 13.6 Å². The lowest BCUT2D eigenvalue weighted by molar-refractivity contribution is 0.0951. The maximum Gasteiger partial charge on any atom is 0.253 e. The maximum absolute atomic E-state index is 13.0. The van der Waals surface area contributed by atoms with Gasteiger partial charge in [0.25, 0.3) is 5.91 Å². The average molecular weight is 297 g/mol. The first-order valence-corrected chi connectivity index (χ1v) is 6.12. The molecule has 2 aromatic carbocycles. The number of carbonyl (C=O) groups is 1. The van der Waals surface area contributed by atoms with Gasteiger partial charge in [-0.1, -0.05) is 17.7 Å². The van der Waals surface area contributed by atoms with Crippen LogP contribution in [0.5, 0.6) is 0 Å². The summed E-state index contributed by atoms with van der Waals surface area (Å²) in [5.41, 5.74) is 6.70. The molecule has 104 valence electrons. The fourth-order valence-corrected chi connectivity index (χ4v) is 1.92. The summed E-state index contributed by atoms with van der Waals surface area (Å²) in [6.07, 6.45) is 0. The number of nitrogen functional groups attached to an aromatic ring is 1. The van der Waals surface area contributed by atoms with Crippen LogP contribution in [0, 0.1) is 11.6 Å². The van der Waals surface area contributed by atoms with Crippen LogP contribution in [0.3, 0.4) is 0 Å². The molecule has 3 N–H and O–H groups in total. The second-order valence-electron chi connectivity index (χ2n) is 4.17. The van der Waals surface area contributed by atoms with Crippen molar-refractivity contribution in [2.45, 2.75) is 6.54 Å². The van der Waals surface area contributed by atoms with Crippen molar-refractivity contribution in [3.63, 3.8) is 0 Å². The van der Waals surface area contributed by atoms with E-state index in [4.69, 9.17) is 17.3 Å². The van der Waals surface area contributed by atoms with Crippen LogP contribution in [0.4, 0.5) is 14.5 Å². The number of anilines is 1. The highest BCUT2D eigenvalue weighted by molar-refractivity contribution is 6.34. The average Bonchev–Trinajstić information content (AvgIpc) is 2.40. The van der Waals surface area contributed by atoms with Crippen LogP contribution in [0.25, 0.3) is 0 Å². The van der Waals surface area contributed by atoms with Crippen molar-refractivity contribution in [1.82, 2.24) is 5.32 Å². The molecule has 2 aromatic rings. The fourth-order valence-electron chi connectivity index (χ4n) is 1.64. The van der Waals surface area contributed by atoms with E-state index in [-0.39, 0.29) is 17.1 Å². The number of halogens is 3. The van der Waals surface area contributed by atoms with Crippen molar-refractivity contribution in [2.75, 3.05) is 5.73 Å². The summed E-state index contributed by atoms with van der Waals surface area (Å²) in [5, 5.41) is 2.80. The molecular weight excluding hydrogens is 286 g/mol. The second kappa shape index (κ2) is 5.88. The van der Waals surface area contributed by atoms with Gasteiger partial charge in [0.05, 0.1) is 10.6 Å². The topological polar surface area (TPSA) is 55.1 Å². The molecule has 1 amide bonds. The van der Waals surface area contributed by atoms with Crippen LogP contribution >= 0.6 is 11.6 Å². The van der Waals surface area contributed by atoms with Crippen LogP contribution in [0.1, 0.15) is 15.9 Å². The number of rotatable bonds is 3. The van der Waals surface area contributed by atoms with Gasteiger partial charge >= 0.3 is 0 Å². The molecule has 0 unspecified atom stereocenters. The van der Waals surface area contributed by atoms with Gasteiger partial charge in [0.15, 0.2) is 11.6 Å². The fraction of sp³-hybridized carbons (Fsp3) is 0.0714. The van der Waals surface area contributed by atoms with Crippen molar-refractivity contribution >= 4 is 23.2 Å². The first kappa shape index (κ1) is 14.3. The van der Waals surface area contributed by atoms with Crippen LogP contribution in [0.2, 0.25) is 5.02 Å². The molecule has 0 heterocycles. The zero-order valence-electron chi connectivity index (χ0n) is 10.3. The quantitative estimate of drug-likeness (QED) is 0.855. The van der Waals surface area contributed by atoms with E-state index in [1.165, 1.54) is 18.2 Å². The van der Waals surface area contributed by atoms with Crippen molar-refractivity contribution in [3.8, 4) is 0 Å². The minimum absolute atomic E-state index is 0.0662. The lowest BCUT2D eigenvalue weighted by Gasteiger charge is -2.07. The van der Waals surface area contributed by atoms with E-state index in [0.29, 0.717) is 11.3 Å². The molecule has 0 atom stereocenters. The van der Waals surface area contributed by atoms with Gasteiger partial charge in [-0.3, -0.25) is 4.79 Å². The molecule has 0 saturated carbocycles. The Hall–Kier alpha value is -2.14. The Bertz CT molecular complexity index is 662. The Morgan fingerprint density at radius 1 is 1.15 bits per heavy atom. The van der Waals surface area contributed by atoms with E-state index < -0.39 is 17.5 Å². The van der Waals surface area contributed by atoms with Crippen molar-refractivity contribution in [1.29, 1.82) is 0 Å². The first-order valence-electron chi connectivity index (χ1n) is 5.74. The Kier molecular flexibility index (Phi) is 4.20. The monoisotopic (exact) mass is 296 g/mol.